The van der Waals surface area contributed by atoms with E-state index in [1.165, 1.54) is 28.9 Å². The molecule has 2 rings (SSSR count). The molecule has 2 unspecified atom stereocenters. The van der Waals surface area contributed by atoms with Gasteiger partial charge in [0, 0.05) is 15.7 Å². The highest BCUT2D eigenvalue weighted by Gasteiger charge is 2.34. The van der Waals surface area contributed by atoms with Crippen molar-refractivity contribution in [1.82, 2.24) is 5.32 Å². The van der Waals surface area contributed by atoms with E-state index in [0.29, 0.717) is 5.25 Å². The fraction of sp³-hybridized carbons (Fsp3) is 0.625. The van der Waals surface area contributed by atoms with Gasteiger partial charge in [0.05, 0.1) is 6.61 Å². The van der Waals surface area contributed by atoms with E-state index in [2.05, 4.69) is 37.4 Å². The molecule has 0 radical (unpaired) electrons. The second-order valence-electron chi connectivity index (χ2n) is 5.79. The van der Waals surface area contributed by atoms with Gasteiger partial charge in [0.2, 0.25) is 0 Å². The van der Waals surface area contributed by atoms with E-state index in [9.17, 15) is 5.11 Å². The maximum Gasteiger partial charge on any atom is 0.0613 e. The second-order valence-corrected chi connectivity index (χ2v) is 7.14. The van der Waals surface area contributed by atoms with Crippen molar-refractivity contribution in [3.63, 3.8) is 0 Å². The lowest BCUT2D eigenvalue weighted by atomic mass is 9.82. The average Bonchev–Trinajstić information content (AvgIpc) is 2.42. The molecule has 1 saturated carbocycles. The number of aryl methyl sites for hydroxylation is 2. The molecule has 3 heteroatoms. The maximum atomic E-state index is 9.64. The Balaban J connectivity index is 2.06. The third-order valence-electron chi connectivity index (χ3n) is 4.26. The Morgan fingerprint density at radius 2 is 2.21 bits per heavy atom. The summed E-state index contributed by atoms with van der Waals surface area (Å²) in [6.07, 6.45) is 4.59. The lowest BCUT2D eigenvalue weighted by Gasteiger charge is -2.39. The number of likely N-dealkylation sites (N-methyl/N-ethyl adjacent to an activating group) is 1. The Labute approximate surface area is 121 Å². The predicted octanol–water partition coefficient (Wildman–Crippen LogP) is 3.29. The smallest absolute Gasteiger partial charge is 0.0613 e. The van der Waals surface area contributed by atoms with Crippen molar-refractivity contribution in [2.24, 2.45) is 0 Å². The van der Waals surface area contributed by atoms with Crippen molar-refractivity contribution in [3.8, 4) is 0 Å². The zero-order valence-electron chi connectivity index (χ0n) is 12.2. The van der Waals surface area contributed by atoms with E-state index in [1.807, 2.05) is 18.8 Å². The van der Waals surface area contributed by atoms with Crippen LogP contribution in [0.2, 0.25) is 0 Å². The second kappa shape index (κ2) is 6.29. The molecule has 2 atom stereocenters. The molecule has 2 nitrogen and oxygen atoms in total. The number of thioether (sulfide) groups is 1. The van der Waals surface area contributed by atoms with Gasteiger partial charge in [0.1, 0.15) is 0 Å². The van der Waals surface area contributed by atoms with Crippen molar-refractivity contribution in [2.45, 2.75) is 55.2 Å². The highest BCUT2D eigenvalue weighted by atomic mass is 32.2. The summed E-state index contributed by atoms with van der Waals surface area (Å²) < 4.78 is 0. The van der Waals surface area contributed by atoms with Crippen LogP contribution in [-0.4, -0.2) is 29.5 Å². The number of hydrogen-bond donors (Lipinski definition) is 2. The molecule has 0 amide bonds. The first-order chi connectivity index (χ1) is 9.08. The average molecular weight is 279 g/mol. The Bertz CT molecular complexity index is 429. The Morgan fingerprint density at radius 3 is 2.84 bits per heavy atom. The monoisotopic (exact) mass is 279 g/mol. The molecule has 1 aliphatic rings. The molecule has 0 aliphatic heterocycles. The molecule has 1 aromatic carbocycles. The van der Waals surface area contributed by atoms with Crippen LogP contribution in [0.15, 0.2) is 23.1 Å². The summed E-state index contributed by atoms with van der Waals surface area (Å²) in [4.78, 5) is 1.39. The van der Waals surface area contributed by atoms with Gasteiger partial charge < -0.3 is 10.4 Å². The zero-order valence-corrected chi connectivity index (χ0v) is 13.0. The topological polar surface area (TPSA) is 32.3 Å². The number of benzene rings is 1. The third-order valence-corrected chi connectivity index (χ3v) is 5.70. The largest absolute Gasteiger partial charge is 0.394 e. The van der Waals surface area contributed by atoms with Gasteiger partial charge in [-0.1, -0.05) is 24.1 Å². The van der Waals surface area contributed by atoms with Gasteiger partial charge in [-0.05, 0) is 51.8 Å². The van der Waals surface area contributed by atoms with Crippen molar-refractivity contribution in [2.75, 3.05) is 13.7 Å². The minimum Gasteiger partial charge on any atom is -0.394 e. The fourth-order valence-electron chi connectivity index (χ4n) is 2.97. The molecule has 2 N–H and O–H groups in total. The first kappa shape index (κ1) is 14.9. The number of nitrogens with one attached hydrogen (secondary N) is 1. The van der Waals surface area contributed by atoms with E-state index in [4.69, 9.17) is 0 Å². The van der Waals surface area contributed by atoms with Gasteiger partial charge in [-0.3, -0.25) is 0 Å². The van der Waals surface area contributed by atoms with Crippen molar-refractivity contribution in [1.29, 1.82) is 0 Å². The summed E-state index contributed by atoms with van der Waals surface area (Å²) in [5.41, 5.74) is 2.63. The summed E-state index contributed by atoms with van der Waals surface area (Å²) in [5.74, 6) is 0. The molecule has 0 spiro atoms. The molecule has 1 aromatic rings. The molecule has 19 heavy (non-hydrogen) atoms. The van der Waals surface area contributed by atoms with Crippen LogP contribution in [0.25, 0.3) is 0 Å². The van der Waals surface area contributed by atoms with Crippen LogP contribution in [0.5, 0.6) is 0 Å². The van der Waals surface area contributed by atoms with E-state index in [-0.39, 0.29) is 12.1 Å². The lowest BCUT2D eigenvalue weighted by Crippen LogP contribution is -2.50. The van der Waals surface area contributed by atoms with Crippen molar-refractivity contribution >= 4 is 11.8 Å². The number of aliphatic hydroxyl groups is 1. The first-order valence-corrected chi connectivity index (χ1v) is 8.00. The summed E-state index contributed by atoms with van der Waals surface area (Å²) in [6, 6.07) is 6.68. The minimum atomic E-state index is -0.0610. The molecule has 1 fully saturated rings. The predicted molar refractivity (Wildman–Crippen MR) is 82.9 cm³/mol. The van der Waals surface area contributed by atoms with Crippen LogP contribution in [-0.2, 0) is 0 Å². The van der Waals surface area contributed by atoms with Crippen molar-refractivity contribution in [3.05, 3.63) is 29.3 Å². The molecule has 106 valence electrons. The highest BCUT2D eigenvalue weighted by molar-refractivity contribution is 8.00. The van der Waals surface area contributed by atoms with E-state index >= 15 is 0 Å². The molecule has 0 heterocycles. The van der Waals surface area contributed by atoms with Gasteiger partial charge in [0.15, 0.2) is 0 Å². The summed E-state index contributed by atoms with van der Waals surface area (Å²) >= 11 is 1.98. The molecular weight excluding hydrogens is 254 g/mol. The third kappa shape index (κ3) is 3.53. The Morgan fingerprint density at radius 1 is 1.42 bits per heavy atom. The maximum absolute atomic E-state index is 9.64. The lowest BCUT2D eigenvalue weighted by molar-refractivity contribution is 0.131. The summed E-state index contributed by atoms with van der Waals surface area (Å²) in [6.45, 7) is 4.57. The zero-order chi connectivity index (χ0) is 13.9. The molecular formula is C16H25NOS. The number of hydrogen-bond acceptors (Lipinski definition) is 3. The quantitative estimate of drug-likeness (QED) is 0.887. The van der Waals surface area contributed by atoms with Crippen LogP contribution in [0.1, 0.15) is 36.8 Å². The highest BCUT2D eigenvalue weighted by Crippen LogP contribution is 2.39. The van der Waals surface area contributed by atoms with Crippen molar-refractivity contribution < 1.29 is 5.11 Å². The van der Waals surface area contributed by atoms with Crippen LogP contribution in [0.4, 0.5) is 0 Å². The summed E-state index contributed by atoms with van der Waals surface area (Å²) in [7, 11) is 1.97. The van der Waals surface area contributed by atoms with Gasteiger partial charge in [-0.15, -0.1) is 11.8 Å². The molecule has 0 saturated heterocycles. The normalized spacial score (nSPS) is 27.5. The number of rotatable bonds is 4. The molecule has 0 aromatic heterocycles. The fourth-order valence-corrected chi connectivity index (χ4v) is 4.41. The SMILES string of the molecule is CNC1(CO)CCCC(Sc2ccc(C)cc2C)C1. The van der Waals surface area contributed by atoms with Gasteiger partial charge >= 0.3 is 0 Å². The van der Waals surface area contributed by atoms with E-state index in [0.717, 1.165) is 12.8 Å². The molecule has 1 aliphatic carbocycles. The summed E-state index contributed by atoms with van der Waals surface area (Å²) in [5, 5.41) is 13.6. The minimum absolute atomic E-state index is 0.0610. The standard InChI is InChI=1S/C16H25NOS/c1-12-6-7-15(13(2)9-12)19-14-5-4-8-16(10-14,11-18)17-3/h6-7,9,14,17-18H,4-5,8,10-11H2,1-3H3. The first-order valence-electron chi connectivity index (χ1n) is 7.12. The van der Waals surface area contributed by atoms with E-state index in [1.54, 1.807) is 0 Å². The number of aliphatic hydroxyl groups excluding tert-OH is 1. The van der Waals surface area contributed by atoms with E-state index < -0.39 is 0 Å². The van der Waals surface area contributed by atoms with Gasteiger partial charge in [-0.2, -0.15) is 0 Å². The van der Waals surface area contributed by atoms with Gasteiger partial charge in [0.25, 0.3) is 0 Å². The van der Waals surface area contributed by atoms with Crippen LogP contribution < -0.4 is 5.32 Å². The molecule has 0 bridgehead atoms. The van der Waals surface area contributed by atoms with Crippen LogP contribution in [0.3, 0.4) is 0 Å². The van der Waals surface area contributed by atoms with Crippen LogP contribution in [0, 0.1) is 13.8 Å². The van der Waals surface area contributed by atoms with Gasteiger partial charge in [-0.25, -0.2) is 0 Å². The Kier molecular flexibility index (Phi) is 4.93. The Hall–Kier alpha value is -0.510. The van der Waals surface area contributed by atoms with Crippen LogP contribution >= 0.6 is 11.8 Å².